The van der Waals surface area contributed by atoms with Crippen LogP contribution in [0.4, 0.5) is 0 Å². The number of aryl methyl sites for hydroxylation is 1. The molecule has 1 nitrogen and oxygen atoms in total. The molecule has 0 bridgehead atoms. The minimum Gasteiger partial charge on any atom is -0.192 e. The molecule has 1 fully saturated rings. The van der Waals surface area contributed by atoms with E-state index < -0.39 is 0 Å². The van der Waals surface area contributed by atoms with Gasteiger partial charge in [0.1, 0.15) is 0 Å². The van der Waals surface area contributed by atoms with Gasteiger partial charge in [-0.3, -0.25) is 0 Å². The predicted octanol–water partition coefficient (Wildman–Crippen LogP) is 6.12. The molecule has 1 saturated carbocycles. The molecule has 0 spiro atoms. The van der Waals surface area contributed by atoms with Crippen molar-refractivity contribution in [3.8, 4) is 6.07 Å². The number of unbranched alkanes of at least 4 members (excludes halogenated alkanes) is 4. The Balaban J connectivity index is 1.98. The van der Waals surface area contributed by atoms with Gasteiger partial charge >= 0.3 is 0 Å². The molecule has 1 aliphatic rings. The van der Waals surface area contributed by atoms with Crippen LogP contribution in [0.15, 0.2) is 18.2 Å². The van der Waals surface area contributed by atoms with Crippen molar-refractivity contribution in [3.05, 3.63) is 34.9 Å². The van der Waals surface area contributed by atoms with Crippen LogP contribution >= 0.6 is 0 Å². The third kappa shape index (κ3) is 4.88. The summed E-state index contributed by atoms with van der Waals surface area (Å²) in [7, 11) is 0. The van der Waals surface area contributed by atoms with Gasteiger partial charge in [0, 0.05) is 0 Å². The molecule has 0 amide bonds. The van der Waals surface area contributed by atoms with E-state index in [1.54, 1.807) is 0 Å². The average molecular weight is 283 g/mol. The Labute approximate surface area is 130 Å². The number of hydrogen-bond donors (Lipinski definition) is 0. The second kappa shape index (κ2) is 8.88. The van der Waals surface area contributed by atoms with Crippen LogP contribution in [0, 0.1) is 11.3 Å². The van der Waals surface area contributed by atoms with Gasteiger partial charge in [-0.05, 0) is 48.8 Å². The van der Waals surface area contributed by atoms with Gasteiger partial charge in [0.15, 0.2) is 0 Å². The molecule has 1 aliphatic carbocycles. The topological polar surface area (TPSA) is 23.8 Å². The maximum atomic E-state index is 9.36. The standard InChI is InChI=1S/C20H29N/c1-2-3-4-5-7-10-17-13-14-19(16-21)20(15-17)18-11-8-6-9-12-18/h13-15,18H,2-12H2,1H3. The average Bonchev–Trinajstić information content (AvgIpc) is 2.55. The SMILES string of the molecule is CCCCCCCc1ccc(C#N)c(C2CCCCC2)c1. The highest BCUT2D eigenvalue weighted by Gasteiger charge is 2.18. The minimum atomic E-state index is 0.633. The van der Waals surface area contributed by atoms with Crippen molar-refractivity contribution in [2.45, 2.75) is 83.5 Å². The molecule has 0 heterocycles. The highest BCUT2D eigenvalue weighted by atomic mass is 14.3. The van der Waals surface area contributed by atoms with Crippen molar-refractivity contribution in [2.75, 3.05) is 0 Å². The first-order valence-corrected chi connectivity index (χ1v) is 8.88. The van der Waals surface area contributed by atoms with Crippen molar-refractivity contribution >= 4 is 0 Å². The molecule has 0 radical (unpaired) electrons. The van der Waals surface area contributed by atoms with Crippen LogP contribution in [-0.4, -0.2) is 0 Å². The van der Waals surface area contributed by atoms with E-state index in [0.717, 1.165) is 5.56 Å². The molecule has 0 aromatic heterocycles. The lowest BCUT2D eigenvalue weighted by atomic mass is 9.81. The number of rotatable bonds is 7. The molecule has 1 heteroatoms. The van der Waals surface area contributed by atoms with E-state index in [4.69, 9.17) is 0 Å². The molecule has 2 rings (SSSR count). The molecule has 114 valence electrons. The zero-order valence-electron chi connectivity index (χ0n) is 13.5. The summed E-state index contributed by atoms with van der Waals surface area (Å²) in [6.45, 7) is 2.26. The first-order chi connectivity index (χ1) is 10.3. The van der Waals surface area contributed by atoms with Gasteiger partial charge in [-0.1, -0.05) is 64.0 Å². The normalized spacial score (nSPS) is 15.8. The number of nitrogens with zero attached hydrogens (tertiary/aromatic N) is 1. The van der Waals surface area contributed by atoms with Gasteiger partial charge in [0.05, 0.1) is 11.6 Å². The summed E-state index contributed by atoms with van der Waals surface area (Å²) < 4.78 is 0. The van der Waals surface area contributed by atoms with Gasteiger partial charge in [0.25, 0.3) is 0 Å². The molecule has 0 unspecified atom stereocenters. The van der Waals surface area contributed by atoms with E-state index in [9.17, 15) is 5.26 Å². The maximum absolute atomic E-state index is 9.36. The van der Waals surface area contributed by atoms with Gasteiger partial charge in [0.2, 0.25) is 0 Å². The third-order valence-corrected chi connectivity index (χ3v) is 4.85. The smallest absolute Gasteiger partial charge is 0.0994 e. The Morgan fingerprint density at radius 2 is 1.81 bits per heavy atom. The summed E-state index contributed by atoms with van der Waals surface area (Å²) in [4.78, 5) is 0. The Hall–Kier alpha value is -1.29. The lowest BCUT2D eigenvalue weighted by Crippen LogP contribution is -2.07. The lowest BCUT2D eigenvalue weighted by molar-refractivity contribution is 0.443. The van der Waals surface area contributed by atoms with E-state index in [-0.39, 0.29) is 0 Å². The summed E-state index contributed by atoms with van der Waals surface area (Å²) >= 11 is 0. The highest BCUT2D eigenvalue weighted by Crippen LogP contribution is 2.34. The van der Waals surface area contributed by atoms with E-state index in [1.165, 1.54) is 81.8 Å². The van der Waals surface area contributed by atoms with Gasteiger partial charge in [-0.15, -0.1) is 0 Å². The molecule has 0 atom stereocenters. The second-order valence-electron chi connectivity index (χ2n) is 6.53. The number of benzene rings is 1. The van der Waals surface area contributed by atoms with E-state index in [0.29, 0.717) is 5.92 Å². The van der Waals surface area contributed by atoms with Crippen LogP contribution in [0.2, 0.25) is 0 Å². The Bertz CT molecular complexity index is 463. The van der Waals surface area contributed by atoms with Crippen LogP contribution in [0.3, 0.4) is 0 Å². The molecular weight excluding hydrogens is 254 g/mol. The van der Waals surface area contributed by atoms with Crippen LogP contribution in [0.25, 0.3) is 0 Å². The quantitative estimate of drug-likeness (QED) is 0.553. The molecule has 21 heavy (non-hydrogen) atoms. The van der Waals surface area contributed by atoms with Crippen molar-refractivity contribution in [2.24, 2.45) is 0 Å². The molecule has 0 aliphatic heterocycles. The molecule has 0 saturated heterocycles. The van der Waals surface area contributed by atoms with Gasteiger partial charge in [-0.25, -0.2) is 0 Å². The van der Waals surface area contributed by atoms with Crippen LogP contribution in [0.5, 0.6) is 0 Å². The molecule has 1 aromatic rings. The van der Waals surface area contributed by atoms with E-state index >= 15 is 0 Å². The maximum Gasteiger partial charge on any atom is 0.0994 e. The van der Waals surface area contributed by atoms with Crippen LogP contribution < -0.4 is 0 Å². The van der Waals surface area contributed by atoms with Gasteiger partial charge in [-0.2, -0.15) is 5.26 Å². The Morgan fingerprint density at radius 3 is 2.52 bits per heavy atom. The highest BCUT2D eigenvalue weighted by molar-refractivity contribution is 5.42. The fraction of sp³-hybridized carbons (Fsp3) is 0.650. The lowest BCUT2D eigenvalue weighted by Gasteiger charge is -2.23. The molecule has 1 aromatic carbocycles. The van der Waals surface area contributed by atoms with E-state index in [2.05, 4.69) is 31.2 Å². The summed E-state index contributed by atoms with van der Waals surface area (Å²) in [5.41, 5.74) is 3.69. The van der Waals surface area contributed by atoms with E-state index in [1.807, 2.05) is 0 Å². The summed E-state index contributed by atoms with van der Waals surface area (Å²) in [6.07, 6.45) is 14.4. The van der Waals surface area contributed by atoms with Gasteiger partial charge < -0.3 is 0 Å². The zero-order valence-corrected chi connectivity index (χ0v) is 13.5. The van der Waals surface area contributed by atoms with Crippen LogP contribution in [0.1, 0.15) is 93.7 Å². The Morgan fingerprint density at radius 1 is 1.05 bits per heavy atom. The first-order valence-electron chi connectivity index (χ1n) is 8.88. The monoisotopic (exact) mass is 283 g/mol. The first kappa shape index (κ1) is 16.1. The minimum absolute atomic E-state index is 0.633. The number of nitriles is 1. The summed E-state index contributed by atoms with van der Waals surface area (Å²) in [5.74, 6) is 0.633. The summed E-state index contributed by atoms with van der Waals surface area (Å²) in [5, 5.41) is 9.36. The second-order valence-corrected chi connectivity index (χ2v) is 6.53. The third-order valence-electron chi connectivity index (χ3n) is 4.85. The summed E-state index contributed by atoms with van der Waals surface area (Å²) in [6, 6.07) is 8.98. The largest absolute Gasteiger partial charge is 0.192 e. The van der Waals surface area contributed by atoms with Crippen molar-refractivity contribution in [1.29, 1.82) is 5.26 Å². The fourth-order valence-electron chi connectivity index (χ4n) is 3.55. The van der Waals surface area contributed by atoms with Crippen molar-refractivity contribution in [3.63, 3.8) is 0 Å². The van der Waals surface area contributed by atoms with Crippen molar-refractivity contribution < 1.29 is 0 Å². The number of hydrogen-bond acceptors (Lipinski definition) is 1. The molecular formula is C20H29N. The van der Waals surface area contributed by atoms with Crippen LogP contribution in [-0.2, 0) is 6.42 Å². The van der Waals surface area contributed by atoms with Crippen molar-refractivity contribution in [1.82, 2.24) is 0 Å². The zero-order chi connectivity index (χ0) is 14.9. The fourth-order valence-corrected chi connectivity index (χ4v) is 3.55. The molecule has 0 N–H and O–H groups in total. The predicted molar refractivity (Wildman–Crippen MR) is 89.4 cm³/mol. The Kier molecular flexibility index (Phi) is 6.80.